The van der Waals surface area contributed by atoms with Crippen molar-refractivity contribution in [3.63, 3.8) is 0 Å². The van der Waals surface area contributed by atoms with Crippen LogP contribution in [0.25, 0.3) is 10.9 Å². The average molecular weight is 537 g/mol. The Labute approximate surface area is 227 Å². The number of amides is 3. The van der Waals surface area contributed by atoms with Crippen molar-refractivity contribution in [1.82, 2.24) is 14.0 Å². The SMILES string of the molecule is COCCn1c(=O)c2cc(NC(=O)Nc3cccc(N(C)C(C)=O)c3)ccc2n(CCN2CCCCC2)c1=O. The van der Waals surface area contributed by atoms with Crippen LogP contribution in [0.2, 0.25) is 0 Å². The fourth-order valence-corrected chi connectivity index (χ4v) is 4.79. The van der Waals surface area contributed by atoms with E-state index in [1.807, 2.05) is 0 Å². The molecule has 0 unspecified atom stereocenters. The number of anilines is 3. The highest BCUT2D eigenvalue weighted by atomic mass is 16.5. The average Bonchev–Trinajstić information content (AvgIpc) is 2.93. The summed E-state index contributed by atoms with van der Waals surface area (Å²) in [6.07, 6.45) is 3.53. The van der Waals surface area contributed by atoms with Crippen molar-refractivity contribution in [2.45, 2.75) is 39.3 Å². The van der Waals surface area contributed by atoms with E-state index >= 15 is 0 Å². The Morgan fingerprint density at radius 3 is 2.33 bits per heavy atom. The molecule has 0 atom stereocenters. The predicted octanol–water partition coefficient (Wildman–Crippen LogP) is 2.92. The van der Waals surface area contributed by atoms with E-state index in [1.165, 1.54) is 29.9 Å². The Morgan fingerprint density at radius 2 is 1.64 bits per heavy atom. The van der Waals surface area contributed by atoms with Crippen molar-refractivity contribution in [1.29, 1.82) is 0 Å². The van der Waals surface area contributed by atoms with Gasteiger partial charge in [0, 0.05) is 51.2 Å². The third-order valence-corrected chi connectivity index (χ3v) is 7.05. The molecule has 2 heterocycles. The number of aromatic nitrogens is 2. The molecule has 4 rings (SSSR count). The number of piperidine rings is 1. The fraction of sp³-hybridized carbons (Fsp3) is 0.429. The number of nitrogens with zero attached hydrogens (tertiary/aromatic N) is 4. The number of benzene rings is 2. The third kappa shape index (κ3) is 6.73. The molecule has 1 fully saturated rings. The van der Waals surface area contributed by atoms with Crippen LogP contribution in [0.4, 0.5) is 21.9 Å². The molecule has 11 nitrogen and oxygen atoms in total. The monoisotopic (exact) mass is 536 g/mol. The number of urea groups is 1. The van der Waals surface area contributed by atoms with Gasteiger partial charge in [-0.2, -0.15) is 0 Å². The molecule has 1 aromatic heterocycles. The van der Waals surface area contributed by atoms with Crippen LogP contribution in [0.15, 0.2) is 52.1 Å². The van der Waals surface area contributed by atoms with Crippen LogP contribution in [0, 0.1) is 0 Å². The Hall–Kier alpha value is -3.96. The van der Waals surface area contributed by atoms with Crippen LogP contribution < -0.4 is 26.8 Å². The van der Waals surface area contributed by atoms with E-state index < -0.39 is 11.6 Å². The third-order valence-electron chi connectivity index (χ3n) is 7.05. The normalized spacial score (nSPS) is 13.8. The topological polar surface area (TPSA) is 118 Å². The van der Waals surface area contributed by atoms with Gasteiger partial charge in [-0.05, 0) is 62.3 Å². The van der Waals surface area contributed by atoms with Gasteiger partial charge in [0.15, 0.2) is 0 Å². The lowest BCUT2D eigenvalue weighted by molar-refractivity contribution is -0.116. The van der Waals surface area contributed by atoms with Gasteiger partial charge < -0.3 is 25.2 Å². The van der Waals surface area contributed by atoms with Crippen molar-refractivity contribution in [3.8, 4) is 0 Å². The highest BCUT2D eigenvalue weighted by Gasteiger charge is 2.17. The number of likely N-dealkylation sites (tertiary alicyclic amines) is 1. The van der Waals surface area contributed by atoms with Gasteiger partial charge in [0.1, 0.15) is 0 Å². The minimum Gasteiger partial charge on any atom is -0.383 e. The summed E-state index contributed by atoms with van der Waals surface area (Å²) in [6.45, 7) is 5.02. The molecule has 1 aliphatic heterocycles. The lowest BCUT2D eigenvalue weighted by atomic mass is 10.1. The van der Waals surface area contributed by atoms with Crippen LogP contribution in [0.5, 0.6) is 0 Å². The Kier molecular flexibility index (Phi) is 9.15. The Balaban J connectivity index is 1.59. The number of rotatable bonds is 9. The van der Waals surface area contributed by atoms with Gasteiger partial charge in [0.25, 0.3) is 5.56 Å². The van der Waals surface area contributed by atoms with Crippen molar-refractivity contribution in [2.24, 2.45) is 0 Å². The standard InChI is InChI=1S/C28H36N6O5/c1-20(35)31(2)23-9-7-8-21(18-23)29-27(37)30-22-10-11-25-24(19-22)26(36)34(16-17-39-3)28(38)33(25)15-14-32-12-5-4-6-13-32/h7-11,18-19H,4-6,12-17H2,1-3H3,(H2,29,30,37). The fourth-order valence-electron chi connectivity index (χ4n) is 4.79. The molecular formula is C28H36N6O5. The molecule has 0 bridgehead atoms. The van der Waals surface area contributed by atoms with Crippen molar-refractivity contribution in [2.75, 3.05) is 55.9 Å². The van der Waals surface area contributed by atoms with Crippen molar-refractivity contribution < 1.29 is 14.3 Å². The number of carbonyl (C=O) groups is 2. The van der Waals surface area contributed by atoms with Crippen LogP contribution >= 0.6 is 0 Å². The second-order valence-electron chi connectivity index (χ2n) is 9.73. The number of fused-ring (bicyclic) bond motifs is 1. The molecule has 2 N–H and O–H groups in total. The van der Waals surface area contributed by atoms with Gasteiger partial charge >= 0.3 is 11.7 Å². The zero-order valence-corrected chi connectivity index (χ0v) is 22.7. The lowest BCUT2D eigenvalue weighted by Gasteiger charge is -2.27. The number of methoxy groups -OCH3 is 1. The van der Waals surface area contributed by atoms with E-state index in [4.69, 9.17) is 4.74 Å². The van der Waals surface area contributed by atoms with Crippen molar-refractivity contribution in [3.05, 3.63) is 63.3 Å². The first-order valence-corrected chi connectivity index (χ1v) is 13.2. The summed E-state index contributed by atoms with van der Waals surface area (Å²) < 4.78 is 7.97. The summed E-state index contributed by atoms with van der Waals surface area (Å²) >= 11 is 0. The predicted molar refractivity (Wildman–Crippen MR) is 153 cm³/mol. The lowest BCUT2D eigenvalue weighted by Crippen LogP contribution is -2.43. The summed E-state index contributed by atoms with van der Waals surface area (Å²) in [4.78, 5) is 54.9. The molecule has 3 aromatic rings. The number of ether oxygens (including phenoxy) is 1. The quantitative estimate of drug-likeness (QED) is 0.434. The minimum atomic E-state index is -0.505. The molecule has 11 heteroatoms. The Bertz CT molecular complexity index is 1460. The molecule has 1 aliphatic rings. The zero-order valence-electron chi connectivity index (χ0n) is 22.7. The first-order valence-electron chi connectivity index (χ1n) is 13.2. The zero-order chi connectivity index (χ0) is 27.9. The van der Waals surface area contributed by atoms with Gasteiger partial charge in [-0.15, -0.1) is 0 Å². The summed E-state index contributed by atoms with van der Waals surface area (Å²) in [5.41, 5.74) is 1.30. The molecule has 0 spiro atoms. The highest BCUT2D eigenvalue weighted by Crippen LogP contribution is 2.20. The first kappa shape index (κ1) is 28.1. The molecule has 0 radical (unpaired) electrons. The summed E-state index contributed by atoms with van der Waals surface area (Å²) in [6, 6.07) is 11.4. The largest absolute Gasteiger partial charge is 0.383 e. The van der Waals surface area contributed by atoms with Crippen LogP contribution in [0.1, 0.15) is 26.2 Å². The maximum Gasteiger partial charge on any atom is 0.331 e. The van der Waals surface area contributed by atoms with E-state index in [2.05, 4.69) is 15.5 Å². The second kappa shape index (κ2) is 12.7. The maximum absolute atomic E-state index is 13.3. The number of carbonyl (C=O) groups excluding carboxylic acids is 2. The second-order valence-corrected chi connectivity index (χ2v) is 9.73. The number of hydrogen-bond acceptors (Lipinski definition) is 6. The molecular weight excluding hydrogens is 500 g/mol. The summed E-state index contributed by atoms with van der Waals surface area (Å²) in [5.74, 6) is -0.127. The van der Waals surface area contributed by atoms with Gasteiger partial charge in [-0.25, -0.2) is 9.59 Å². The van der Waals surface area contributed by atoms with Gasteiger partial charge in [0.2, 0.25) is 5.91 Å². The van der Waals surface area contributed by atoms with Gasteiger partial charge in [-0.3, -0.25) is 18.7 Å². The number of nitrogens with one attached hydrogen (secondary N) is 2. The van der Waals surface area contributed by atoms with Crippen LogP contribution in [-0.2, 0) is 22.6 Å². The maximum atomic E-state index is 13.3. The van der Waals surface area contributed by atoms with E-state index in [-0.39, 0.29) is 24.7 Å². The first-order chi connectivity index (χ1) is 18.8. The minimum absolute atomic E-state index is 0.127. The van der Waals surface area contributed by atoms with Crippen molar-refractivity contribution >= 4 is 39.9 Å². The van der Waals surface area contributed by atoms with Gasteiger partial charge in [0.05, 0.1) is 24.1 Å². The molecule has 0 aliphatic carbocycles. The smallest absolute Gasteiger partial charge is 0.331 e. The summed E-state index contributed by atoms with van der Waals surface area (Å²) in [7, 11) is 3.18. The van der Waals surface area contributed by atoms with E-state index in [0.717, 1.165) is 32.5 Å². The molecule has 1 saturated heterocycles. The number of hydrogen-bond donors (Lipinski definition) is 2. The molecule has 3 amide bonds. The molecule has 2 aromatic carbocycles. The van der Waals surface area contributed by atoms with Crippen LogP contribution in [0.3, 0.4) is 0 Å². The van der Waals surface area contributed by atoms with Gasteiger partial charge in [-0.1, -0.05) is 12.5 Å². The molecule has 208 valence electrons. The summed E-state index contributed by atoms with van der Waals surface area (Å²) in [5, 5.41) is 5.86. The Morgan fingerprint density at radius 1 is 0.923 bits per heavy atom. The van der Waals surface area contributed by atoms with E-state index in [0.29, 0.717) is 34.5 Å². The molecule has 0 saturated carbocycles. The van der Waals surface area contributed by atoms with Crippen LogP contribution in [-0.4, -0.2) is 66.4 Å². The van der Waals surface area contributed by atoms with E-state index in [9.17, 15) is 19.2 Å². The highest BCUT2D eigenvalue weighted by molar-refractivity contribution is 6.01. The van der Waals surface area contributed by atoms with E-state index in [1.54, 1.807) is 54.1 Å². The molecule has 39 heavy (non-hydrogen) atoms.